The Hall–Kier alpha value is -1.10. The van der Waals surface area contributed by atoms with Gasteiger partial charge in [-0.2, -0.15) is 0 Å². The summed E-state index contributed by atoms with van der Waals surface area (Å²) in [5.41, 5.74) is 0.411. The minimum absolute atomic E-state index is 0.411. The van der Waals surface area contributed by atoms with E-state index in [1.54, 1.807) is 11.8 Å². The van der Waals surface area contributed by atoms with E-state index in [4.69, 9.17) is 0 Å². The van der Waals surface area contributed by atoms with E-state index in [0.29, 0.717) is 16.9 Å². The molecule has 0 spiro atoms. The molecule has 1 aromatic rings. The van der Waals surface area contributed by atoms with Gasteiger partial charge in [-0.3, -0.25) is 4.99 Å². The first-order chi connectivity index (χ1) is 9.12. The minimum atomic E-state index is -0.581. The van der Waals surface area contributed by atoms with Crippen molar-refractivity contribution < 1.29 is 8.78 Å². The predicted octanol–water partition coefficient (Wildman–Crippen LogP) is 4.28. The molecule has 1 N–H and O–H groups in total. The van der Waals surface area contributed by atoms with Crippen LogP contribution < -0.4 is 5.32 Å². The van der Waals surface area contributed by atoms with Crippen LogP contribution >= 0.6 is 11.8 Å². The fourth-order valence-electron chi connectivity index (χ4n) is 2.27. The minimum Gasteiger partial charge on any atom is -0.335 e. The van der Waals surface area contributed by atoms with Gasteiger partial charge < -0.3 is 5.32 Å². The van der Waals surface area contributed by atoms with Crippen LogP contribution in [0.4, 0.5) is 14.5 Å². The van der Waals surface area contributed by atoms with Crippen molar-refractivity contribution in [1.82, 2.24) is 0 Å². The highest BCUT2D eigenvalue weighted by Gasteiger charge is 2.25. The number of rotatable bonds is 4. The third-order valence-corrected chi connectivity index (χ3v) is 4.66. The lowest BCUT2D eigenvalue weighted by molar-refractivity contribution is 0.479. The molecule has 5 heteroatoms. The topological polar surface area (TPSA) is 24.4 Å². The number of amidine groups is 1. The van der Waals surface area contributed by atoms with Crippen LogP contribution in [0.1, 0.15) is 26.7 Å². The standard InChI is InChI=1S/C14H18F2N2S/c1-3-9(4-2)13-8-17-14(19-13)18-12-6-10(15)5-11(16)7-12/h5-7,9,13H,3-4,8H2,1-2H3,(H,17,18). The molecule has 1 aromatic carbocycles. The summed E-state index contributed by atoms with van der Waals surface area (Å²) in [5, 5.41) is 4.21. The van der Waals surface area contributed by atoms with E-state index in [1.165, 1.54) is 12.1 Å². The molecule has 0 saturated carbocycles. The van der Waals surface area contributed by atoms with Crippen molar-refractivity contribution in [2.24, 2.45) is 10.9 Å². The fourth-order valence-corrected chi connectivity index (χ4v) is 3.61. The smallest absolute Gasteiger partial charge is 0.161 e. The Morgan fingerprint density at radius 3 is 2.47 bits per heavy atom. The largest absolute Gasteiger partial charge is 0.335 e. The second-order valence-electron chi connectivity index (χ2n) is 4.66. The number of nitrogens with one attached hydrogen (secondary N) is 1. The number of thioether (sulfide) groups is 1. The summed E-state index contributed by atoms with van der Waals surface area (Å²) in [7, 11) is 0. The quantitative estimate of drug-likeness (QED) is 0.892. The molecule has 2 rings (SSSR count). The zero-order valence-corrected chi connectivity index (χ0v) is 11.9. The monoisotopic (exact) mass is 284 g/mol. The maximum Gasteiger partial charge on any atom is 0.161 e. The molecule has 0 bridgehead atoms. The molecule has 1 aliphatic heterocycles. The third-order valence-electron chi connectivity index (χ3n) is 3.37. The normalized spacial score (nSPS) is 18.8. The van der Waals surface area contributed by atoms with Crippen LogP contribution in [0.2, 0.25) is 0 Å². The number of hydrogen-bond acceptors (Lipinski definition) is 3. The molecule has 0 aromatic heterocycles. The van der Waals surface area contributed by atoms with Crippen LogP contribution in [0.3, 0.4) is 0 Å². The number of benzene rings is 1. The molecule has 1 aliphatic rings. The maximum atomic E-state index is 13.1. The lowest BCUT2D eigenvalue weighted by atomic mass is 9.99. The summed E-state index contributed by atoms with van der Waals surface area (Å²) < 4.78 is 26.2. The van der Waals surface area contributed by atoms with Crippen LogP contribution in [0, 0.1) is 17.6 Å². The van der Waals surface area contributed by atoms with Crippen molar-refractivity contribution in [3.05, 3.63) is 29.8 Å². The second kappa shape index (κ2) is 6.37. The molecule has 1 heterocycles. The first kappa shape index (κ1) is 14.3. The van der Waals surface area contributed by atoms with Crippen molar-refractivity contribution in [3.63, 3.8) is 0 Å². The van der Waals surface area contributed by atoms with Gasteiger partial charge in [0.25, 0.3) is 0 Å². The Labute approximate surface area is 116 Å². The molecular formula is C14H18F2N2S. The molecule has 0 aliphatic carbocycles. The Morgan fingerprint density at radius 2 is 1.89 bits per heavy atom. The zero-order chi connectivity index (χ0) is 13.8. The van der Waals surface area contributed by atoms with Gasteiger partial charge in [0.15, 0.2) is 5.17 Å². The highest BCUT2D eigenvalue weighted by atomic mass is 32.2. The zero-order valence-electron chi connectivity index (χ0n) is 11.1. The van der Waals surface area contributed by atoms with Gasteiger partial charge in [-0.1, -0.05) is 38.5 Å². The van der Waals surface area contributed by atoms with Gasteiger partial charge in [0.1, 0.15) is 11.6 Å². The SMILES string of the molecule is CCC(CC)C1CN=C(Nc2cc(F)cc(F)c2)S1. The van der Waals surface area contributed by atoms with Crippen LogP contribution in [0.15, 0.2) is 23.2 Å². The number of aliphatic imine (C=N–C) groups is 1. The van der Waals surface area contributed by atoms with Gasteiger partial charge in [0.05, 0.1) is 6.54 Å². The first-order valence-electron chi connectivity index (χ1n) is 6.56. The molecule has 0 amide bonds. The predicted molar refractivity (Wildman–Crippen MR) is 77.7 cm³/mol. The first-order valence-corrected chi connectivity index (χ1v) is 7.44. The molecule has 0 saturated heterocycles. The number of halogens is 2. The molecule has 104 valence electrons. The summed E-state index contributed by atoms with van der Waals surface area (Å²) in [6.07, 6.45) is 2.26. The molecule has 0 fully saturated rings. The van der Waals surface area contributed by atoms with Crippen molar-refractivity contribution in [2.45, 2.75) is 31.9 Å². The second-order valence-corrected chi connectivity index (χ2v) is 5.89. The van der Waals surface area contributed by atoms with Crippen LogP contribution in [0.5, 0.6) is 0 Å². The number of anilines is 1. The van der Waals surface area contributed by atoms with Crippen LogP contribution in [-0.4, -0.2) is 17.0 Å². The Kier molecular flexibility index (Phi) is 4.80. The van der Waals surface area contributed by atoms with E-state index in [0.717, 1.165) is 30.6 Å². The van der Waals surface area contributed by atoms with E-state index >= 15 is 0 Å². The summed E-state index contributed by atoms with van der Waals surface area (Å²) >= 11 is 1.67. The molecule has 1 atom stereocenters. The summed E-state index contributed by atoms with van der Waals surface area (Å²) in [6.45, 7) is 5.14. The van der Waals surface area contributed by atoms with Gasteiger partial charge in [-0.15, -0.1) is 0 Å². The van der Waals surface area contributed by atoms with Gasteiger partial charge >= 0.3 is 0 Å². The molecule has 19 heavy (non-hydrogen) atoms. The van der Waals surface area contributed by atoms with Crippen molar-refractivity contribution in [1.29, 1.82) is 0 Å². The molecular weight excluding hydrogens is 266 g/mol. The molecule has 2 nitrogen and oxygen atoms in total. The Morgan fingerprint density at radius 1 is 1.26 bits per heavy atom. The Balaban J connectivity index is 1.98. The molecule has 0 radical (unpaired) electrons. The van der Waals surface area contributed by atoms with Gasteiger partial charge in [-0.25, -0.2) is 8.78 Å². The van der Waals surface area contributed by atoms with E-state index in [1.807, 2.05) is 0 Å². The summed E-state index contributed by atoms with van der Waals surface area (Å²) in [4.78, 5) is 4.41. The maximum absolute atomic E-state index is 13.1. The van der Waals surface area contributed by atoms with Gasteiger partial charge in [-0.05, 0) is 18.1 Å². The highest BCUT2D eigenvalue weighted by molar-refractivity contribution is 8.15. The van der Waals surface area contributed by atoms with Crippen molar-refractivity contribution in [3.8, 4) is 0 Å². The average Bonchev–Trinajstić information content (AvgIpc) is 2.78. The van der Waals surface area contributed by atoms with Crippen LogP contribution in [0.25, 0.3) is 0 Å². The van der Waals surface area contributed by atoms with E-state index in [-0.39, 0.29) is 0 Å². The number of nitrogens with zero attached hydrogens (tertiary/aromatic N) is 1. The lowest BCUT2D eigenvalue weighted by Gasteiger charge is -2.18. The van der Waals surface area contributed by atoms with Crippen molar-refractivity contribution >= 4 is 22.6 Å². The molecule has 1 unspecified atom stereocenters. The lowest BCUT2D eigenvalue weighted by Crippen LogP contribution is -2.17. The van der Waals surface area contributed by atoms with Crippen molar-refractivity contribution in [2.75, 3.05) is 11.9 Å². The Bertz CT molecular complexity index is 452. The van der Waals surface area contributed by atoms with Gasteiger partial charge in [0.2, 0.25) is 0 Å². The van der Waals surface area contributed by atoms with E-state index < -0.39 is 11.6 Å². The van der Waals surface area contributed by atoms with Crippen LogP contribution in [-0.2, 0) is 0 Å². The van der Waals surface area contributed by atoms with E-state index in [2.05, 4.69) is 24.2 Å². The van der Waals surface area contributed by atoms with E-state index in [9.17, 15) is 8.78 Å². The third kappa shape index (κ3) is 3.69. The summed E-state index contributed by atoms with van der Waals surface area (Å²) in [5.74, 6) is -0.525. The van der Waals surface area contributed by atoms with Gasteiger partial charge in [0, 0.05) is 17.0 Å². The highest BCUT2D eigenvalue weighted by Crippen LogP contribution is 2.31. The summed E-state index contributed by atoms with van der Waals surface area (Å²) in [6, 6.07) is 3.41. The average molecular weight is 284 g/mol. The fraction of sp³-hybridized carbons (Fsp3) is 0.500. The number of hydrogen-bond donors (Lipinski definition) is 1.